The van der Waals surface area contributed by atoms with Crippen molar-refractivity contribution in [1.29, 1.82) is 5.26 Å². The van der Waals surface area contributed by atoms with Gasteiger partial charge >= 0.3 is 0 Å². The Kier molecular flexibility index (Phi) is 8.01. The average molecular weight is 490 g/mol. The Morgan fingerprint density at radius 2 is 1.91 bits per heavy atom. The molecule has 1 amide bonds. The number of hydrogen-bond acceptors (Lipinski definition) is 4. The number of aromatic nitrogens is 2. The smallest absolute Gasteiger partial charge is 0.251 e. The van der Waals surface area contributed by atoms with Gasteiger partial charge in [-0.05, 0) is 61.2 Å². The third-order valence-electron chi connectivity index (χ3n) is 6.19. The molecule has 0 bridgehead atoms. The van der Waals surface area contributed by atoms with Crippen LogP contribution in [0.1, 0.15) is 28.8 Å². The van der Waals surface area contributed by atoms with Crippen molar-refractivity contribution in [1.82, 2.24) is 24.7 Å². The molecule has 1 aliphatic heterocycles. The van der Waals surface area contributed by atoms with Gasteiger partial charge in [0.05, 0.1) is 6.33 Å². The van der Waals surface area contributed by atoms with Crippen LogP contribution >= 0.6 is 11.6 Å². The lowest BCUT2D eigenvalue weighted by Gasteiger charge is -2.37. The van der Waals surface area contributed by atoms with Gasteiger partial charge in [-0.2, -0.15) is 5.26 Å². The lowest BCUT2D eigenvalue weighted by molar-refractivity contribution is 0.0921. The van der Waals surface area contributed by atoms with Gasteiger partial charge in [0.1, 0.15) is 0 Å². The minimum absolute atomic E-state index is 0.0772. The molecule has 0 radical (unpaired) electrons. The van der Waals surface area contributed by atoms with E-state index < -0.39 is 0 Å². The number of benzene rings is 2. The van der Waals surface area contributed by atoms with Crippen molar-refractivity contribution in [3.63, 3.8) is 0 Å². The Morgan fingerprint density at radius 3 is 2.54 bits per heavy atom. The Labute approximate surface area is 210 Å². The van der Waals surface area contributed by atoms with E-state index in [2.05, 4.69) is 20.2 Å². The van der Waals surface area contributed by atoms with Crippen LogP contribution in [0.15, 0.2) is 72.2 Å². The molecule has 0 atom stereocenters. The maximum Gasteiger partial charge on any atom is 0.251 e. The van der Waals surface area contributed by atoms with E-state index in [4.69, 9.17) is 11.6 Å². The van der Waals surface area contributed by atoms with Crippen molar-refractivity contribution in [2.45, 2.75) is 25.3 Å². The van der Waals surface area contributed by atoms with E-state index in [1.54, 1.807) is 12.5 Å². The maximum atomic E-state index is 12.8. The van der Waals surface area contributed by atoms with Crippen molar-refractivity contribution < 1.29 is 4.79 Å². The Morgan fingerprint density at radius 1 is 1.20 bits per heavy atom. The first-order valence-electron chi connectivity index (χ1n) is 11.6. The SMILES string of the molecule is CN(CCc1ccc(Cl)cc1)/C(=N/C#N)N1CCC(NC(=O)c2ccc(-n3ccnc3)cc2)CC1. The monoisotopic (exact) mass is 489 g/mol. The molecule has 0 spiro atoms. The molecule has 1 aliphatic rings. The molecule has 0 saturated carbocycles. The molecule has 0 aliphatic carbocycles. The number of imidazole rings is 1. The fraction of sp³-hybridized carbons (Fsp3) is 0.308. The summed E-state index contributed by atoms with van der Waals surface area (Å²) in [6, 6.07) is 15.3. The molecule has 180 valence electrons. The fourth-order valence-electron chi connectivity index (χ4n) is 4.18. The summed E-state index contributed by atoms with van der Waals surface area (Å²) in [5, 5.41) is 13.1. The normalized spacial score (nSPS) is 14.4. The highest BCUT2D eigenvalue weighted by atomic mass is 35.5. The van der Waals surface area contributed by atoms with Crippen LogP contribution in [0, 0.1) is 11.5 Å². The summed E-state index contributed by atoms with van der Waals surface area (Å²) in [7, 11) is 1.95. The molecular formula is C26H28ClN7O. The minimum atomic E-state index is -0.0772. The van der Waals surface area contributed by atoms with Gasteiger partial charge in [-0.25, -0.2) is 4.98 Å². The highest BCUT2D eigenvalue weighted by Gasteiger charge is 2.25. The molecule has 1 N–H and O–H groups in total. The molecule has 0 unspecified atom stereocenters. The summed E-state index contributed by atoms with van der Waals surface area (Å²) in [6.07, 6.45) is 9.65. The summed E-state index contributed by atoms with van der Waals surface area (Å²) in [5.41, 5.74) is 2.76. The van der Waals surface area contributed by atoms with Crippen LogP contribution in [0.25, 0.3) is 5.69 Å². The molecule has 2 heterocycles. The third kappa shape index (κ3) is 6.40. The van der Waals surface area contributed by atoms with Crippen molar-refractivity contribution in [2.24, 2.45) is 4.99 Å². The molecule has 3 aromatic rings. The number of guanidine groups is 1. The van der Waals surface area contributed by atoms with Gasteiger partial charge in [-0.15, -0.1) is 4.99 Å². The van der Waals surface area contributed by atoms with Crippen molar-refractivity contribution in [2.75, 3.05) is 26.7 Å². The second-order valence-electron chi connectivity index (χ2n) is 8.56. The first kappa shape index (κ1) is 24.3. The second-order valence-corrected chi connectivity index (χ2v) is 9.00. The number of piperidine rings is 1. The van der Waals surface area contributed by atoms with Gasteiger partial charge in [0.15, 0.2) is 0 Å². The van der Waals surface area contributed by atoms with Gasteiger partial charge in [-0.3, -0.25) is 4.79 Å². The first-order valence-corrected chi connectivity index (χ1v) is 12.0. The van der Waals surface area contributed by atoms with E-state index in [-0.39, 0.29) is 11.9 Å². The van der Waals surface area contributed by atoms with E-state index in [0.29, 0.717) is 11.5 Å². The van der Waals surface area contributed by atoms with E-state index in [9.17, 15) is 10.1 Å². The summed E-state index contributed by atoms with van der Waals surface area (Å²) in [6.45, 7) is 2.17. The zero-order chi connectivity index (χ0) is 24.6. The lowest BCUT2D eigenvalue weighted by atomic mass is 10.0. The Balaban J connectivity index is 1.28. The van der Waals surface area contributed by atoms with E-state index in [1.807, 2.05) is 77.4 Å². The molecule has 8 nitrogen and oxygen atoms in total. The standard InChI is InChI=1S/C26H28ClN7O/c1-32(14-10-20-2-6-22(27)7-3-20)26(30-18-28)33-15-11-23(12-16-33)31-25(35)21-4-8-24(9-5-21)34-17-13-29-19-34/h2-9,13,17,19,23H,10-12,14-16H2,1H3,(H,31,35)/b30-26-. The van der Waals surface area contributed by atoms with Crippen LogP contribution < -0.4 is 5.32 Å². The topological polar surface area (TPSA) is 89.5 Å². The predicted molar refractivity (Wildman–Crippen MR) is 136 cm³/mol. The van der Waals surface area contributed by atoms with Gasteiger partial charge < -0.3 is 19.7 Å². The molecule has 1 saturated heterocycles. The lowest BCUT2D eigenvalue weighted by Crippen LogP contribution is -2.50. The molecular weight excluding hydrogens is 462 g/mol. The summed E-state index contributed by atoms with van der Waals surface area (Å²) >= 11 is 5.97. The molecule has 1 fully saturated rings. The summed E-state index contributed by atoms with van der Waals surface area (Å²) < 4.78 is 1.89. The number of likely N-dealkylation sites (tertiary alicyclic amines) is 1. The Bertz CT molecular complexity index is 1180. The highest BCUT2D eigenvalue weighted by molar-refractivity contribution is 6.30. The number of carbonyl (C=O) groups excluding carboxylic acids is 1. The largest absolute Gasteiger partial charge is 0.349 e. The van der Waals surface area contributed by atoms with Crippen molar-refractivity contribution >= 4 is 23.5 Å². The number of nitrogens with one attached hydrogen (secondary N) is 1. The quantitative estimate of drug-likeness (QED) is 0.324. The van der Waals surface area contributed by atoms with E-state index >= 15 is 0 Å². The number of likely N-dealkylation sites (N-methyl/N-ethyl adjacent to an activating group) is 1. The van der Waals surface area contributed by atoms with Crippen LogP contribution in [-0.4, -0.2) is 63.9 Å². The zero-order valence-electron chi connectivity index (χ0n) is 19.6. The number of amides is 1. The highest BCUT2D eigenvalue weighted by Crippen LogP contribution is 2.15. The number of nitrogens with zero attached hydrogens (tertiary/aromatic N) is 6. The Hall–Kier alpha value is -3.83. The molecule has 1 aromatic heterocycles. The number of aliphatic imine (C=N–C) groups is 1. The van der Waals surface area contributed by atoms with Crippen LogP contribution in [0.4, 0.5) is 0 Å². The maximum absolute atomic E-state index is 12.8. The first-order chi connectivity index (χ1) is 17.0. The van der Waals surface area contributed by atoms with Gasteiger partial charge in [0.2, 0.25) is 12.2 Å². The number of nitriles is 1. The average Bonchev–Trinajstić information content (AvgIpc) is 3.43. The molecule has 35 heavy (non-hydrogen) atoms. The minimum Gasteiger partial charge on any atom is -0.349 e. The van der Waals surface area contributed by atoms with E-state index in [0.717, 1.165) is 49.6 Å². The number of halogens is 1. The van der Waals surface area contributed by atoms with Crippen LogP contribution in [0.2, 0.25) is 5.02 Å². The van der Waals surface area contributed by atoms with Crippen LogP contribution in [0.3, 0.4) is 0 Å². The van der Waals surface area contributed by atoms with Crippen LogP contribution in [0.5, 0.6) is 0 Å². The van der Waals surface area contributed by atoms with Gasteiger partial charge in [-0.1, -0.05) is 23.7 Å². The summed E-state index contributed by atoms with van der Waals surface area (Å²) in [4.78, 5) is 25.0. The number of hydrogen-bond donors (Lipinski definition) is 1. The second kappa shape index (κ2) is 11.5. The van der Waals surface area contributed by atoms with Crippen molar-refractivity contribution in [3.8, 4) is 11.9 Å². The third-order valence-corrected chi connectivity index (χ3v) is 6.44. The number of rotatable bonds is 6. The summed E-state index contributed by atoms with van der Waals surface area (Å²) in [5.74, 6) is 0.591. The van der Waals surface area contributed by atoms with Crippen LogP contribution in [-0.2, 0) is 6.42 Å². The predicted octanol–water partition coefficient (Wildman–Crippen LogP) is 3.73. The molecule has 2 aromatic carbocycles. The molecule has 4 rings (SSSR count). The van der Waals surface area contributed by atoms with Gasteiger partial charge in [0, 0.05) is 61.4 Å². The van der Waals surface area contributed by atoms with E-state index in [1.165, 1.54) is 5.56 Å². The zero-order valence-corrected chi connectivity index (χ0v) is 20.4. The fourth-order valence-corrected chi connectivity index (χ4v) is 4.31. The van der Waals surface area contributed by atoms with Gasteiger partial charge in [0.25, 0.3) is 5.91 Å². The molecule has 9 heteroatoms. The van der Waals surface area contributed by atoms with Crippen molar-refractivity contribution in [3.05, 3.63) is 83.4 Å². The number of carbonyl (C=O) groups is 1.